The van der Waals surface area contributed by atoms with Crippen LogP contribution in [0.4, 0.5) is 4.79 Å². The van der Waals surface area contributed by atoms with Crippen LogP contribution < -0.4 is 46.4 Å². The first-order valence-corrected chi connectivity index (χ1v) is 30.0. The summed E-state index contributed by atoms with van der Waals surface area (Å²) in [5.74, 6) is -1.92. The van der Waals surface area contributed by atoms with Crippen LogP contribution in [0.1, 0.15) is 113 Å². The van der Waals surface area contributed by atoms with Crippen molar-refractivity contribution in [3.8, 4) is 28.6 Å². The second kappa shape index (κ2) is 29.4. The van der Waals surface area contributed by atoms with Gasteiger partial charge in [-0.3, -0.25) is 28.8 Å². The van der Waals surface area contributed by atoms with Crippen LogP contribution in [0.15, 0.2) is 108 Å². The summed E-state index contributed by atoms with van der Waals surface area (Å²) in [6.07, 6.45) is -1.14. The van der Waals surface area contributed by atoms with Gasteiger partial charge in [-0.05, 0) is 125 Å². The molecule has 4 aromatic carbocycles. The number of aliphatic hydroxyl groups is 1. The minimum Gasteiger partial charge on any atom is -0.497 e. The molecule has 6 N–H and O–H groups in total. The van der Waals surface area contributed by atoms with E-state index in [0.29, 0.717) is 46.6 Å². The molecule has 0 fully saturated rings. The fourth-order valence-electron chi connectivity index (χ4n) is 10.8. The Morgan fingerprint density at radius 2 is 1.34 bits per heavy atom. The Labute approximate surface area is 521 Å². The number of pyridine rings is 2. The van der Waals surface area contributed by atoms with E-state index in [1.165, 1.54) is 13.8 Å². The van der Waals surface area contributed by atoms with E-state index < -0.39 is 70.6 Å². The molecule has 90 heavy (non-hydrogen) atoms. The average Bonchev–Trinajstić information content (AvgIpc) is 1.41. The molecule has 3 unspecified atom stereocenters. The second-order valence-electron chi connectivity index (χ2n) is 23.0. The smallest absolute Gasteiger partial charge is 0.412 e. The van der Waals surface area contributed by atoms with Crippen LogP contribution in [0.3, 0.4) is 0 Å². The highest BCUT2D eigenvalue weighted by molar-refractivity contribution is 5.93. The third-order valence-electron chi connectivity index (χ3n) is 15.7. The highest BCUT2D eigenvalue weighted by atomic mass is 16.6. The SMILES string of the molecule is CCc1c2c(nc3ccc(OC(=O)NCCNC(=O)C(C)NC(=O)C(C)NC(=O)CCC(=O)NCCCOCC(O)COC(c4ccccc4)(c4ccc(OC)cc4)c4ccc(OC)cc4)cc13)-c1cc3c(c(=O)n1C2)COC(=O)[C@@]3(CC)OC(=O)C(C)(C)C. The lowest BCUT2D eigenvalue weighted by Gasteiger charge is -2.37. The van der Waals surface area contributed by atoms with Crippen molar-refractivity contribution in [2.24, 2.45) is 5.41 Å². The van der Waals surface area contributed by atoms with Crippen molar-refractivity contribution in [2.45, 2.75) is 123 Å². The van der Waals surface area contributed by atoms with Gasteiger partial charge in [0.1, 0.15) is 47.6 Å². The quantitative estimate of drug-likeness (QED) is 0.0182. The summed E-state index contributed by atoms with van der Waals surface area (Å²) < 4.78 is 41.9. The fraction of sp³-hybridized carbons (Fsp3) is 0.418. The monoisotopic (exact) mass is 1240 g/mol. The molecule has 478 valence electrons. The number of rotatable bonds is 28. The van der Waals surface area contributed by atoms with Crippen LogP contribution in [-0.4, -0.2) is 128 Å². The van der Waals surface area contributed by atoms with Gasteiger partial charge in [-0.15, -0.1) is 0 Å². The highest BCUT2D eigenvalue weighted by Gasteiger charge is 2.52. The number of hydrogen-bond acceptors (Lipinski definition) is 17. The van der Waals surface area contributed by atoms with E-state index in [1.54, 1.807) is 70.7 Å². The number of benzene rings is 4. The first kappa shape index (κ1) is 66.8. The fourth-order valence-corrected chi connectivity index (χ4v) is 10.8. The van der Waals surface area contributed by atoms with Crippen LogP contribution in [0, 0.1) is 5.41 Å². The summed E-state index contributed by atoms with van der Waals surface area (Å²) in [5.41, 5.74) is 1.94. The van der Waals surface area contributed by atoms with Crippen LogP contribution in [0.25, 0.3) is 22.3 Å². The molecule has 4 atom stereocenters. The Kier molecular flexibility index (Phi) is 21.8. The van der Waals surface area contributed by atoms with Crippen molar-refractivity contribution in [2.75, 3.05) is 53.7 Å². The number of aryl methyl sites for hydroxylation is 1. The Hall–Kier alpha value is -9.19. The molecule has 0 saturated heterocycles. The number of hydrogen-bond donors (Lipinski definition) is 6. The minimum absolute atomic E-state index is 0.0146. The molecule has 5 amide bonds. The zero-order valence-corrected chi connectivity index (χ0v) is 52.2. The van der Waals surface area contributed by atoms with Crippen molar-refractivity contribution in [1.29, 1.82) is 0 Å². The molecule has 2 aromatic heterocycles. The van der Waals surface area contributed by atoms with E-state index in [2.05, 4.69) is 26.6 Å². The lowest BCUT2D eigenvalue weighted by Crippen LogP contribution is -2.52. The van der Waals surface area contributed by atoms with Crippen molar-refractivity contribution in [1.82, 2.24) is 36.1 Å². The summed E-state index contributed by atoms with van der Waals surface area (Å²) in [6, 6.07) is 29.5. The van der Waals surface area contributed by atoms with Crippen LogP contribution in [-0.2, 0) is 78.5 Å². The number of esters is 2. The van der Waals surface area contributed by atoms with Gasteiger partial charge in [0, 0.05) is 55.6 Å². The van der Waals surface area contributed by atoms with Gasteiger partial charge in [0.15, 0.2) is 0 Å². The number of amides is 5. The molecule has 8 rings (SSSR count). The van der Waals surface area contributed by atoms with Crippen LogP contribution in [0.2, 0.25) is 0 Å². The number of nitrogens with zero attached hydrogens (tertiary/aromatic N) is 2. The normalized spacial score (nSPS) is 15.2. The van der Waals surface area contributed by atoms with Gasteiger partial charge in [-0.25, -0.2) is 14.6 Å². The molecule has 4 heterocycles. The molecule has 2 aliphatic heterocycles. The van der Waals surface area contributed by atoms with Gasteiger partial charge < -0.3 is 69.4 Å². The molecule has 23 heteroatoms. The van der Waals surface area contributed by atoms with Crippen molar-refractivity contribution < 1.29 is 71.8 Å². The first-order chi connectivity index (χ1) is 43.1. The van der Waals surface area contributed by atoms with E-state index in [4.69, 9.17) is 38.1 Å². The number of carbonyl (C=O) groups excluding carboxylic acids is 7. The summed E-state index contributed by atoms with van der Waals surface area (Å²) >= 11 is 0. The zero-order valence-electron chi connectivity index (χ0n) is 52.2. The summed E-state index contributed by atoms with van der Waals surface area (Å²) in [5, 5.41) is 24.8. The predicted molar refractivity (Wildman–Crippen MR) is 331 cm³/mol. The summed E-state index contributed by atoms with van der Waals surface area (Å²) in [7, 11) is 3.20. The number of ether oxygens (including phenoxy) is 7. The maximum Gasteiger partial charge on any atom is 0.412 e. The maximum atomic E-state index is 14.2. The molecule has 23 nitrogen and oxygen atoms in total. The Bertz CT molecular complexity index is 3610. The lowest BCUT2D eigenvalue weighted by molar-refractivity contribution is -0.194. The van der Waals surface area contributed by atoms with Gasteiger partial charge in [-0.1, -0.05) is 68.4 Å². The lowest BCUT2D eigenvalue weighted by atomic mass is 9.80. The summed E-state index contributed by atoms with van der Waals surface area (Å²) in [4.78, 5) is 110. The predicted octanol–water partition coefficient (Wildman–Crippen LogP) is 6.14. The molecule has 0 aliphatic carbocycles. The number of carbonyl (C=O) groups is 7. The number of nitrogens with one attached hydrogen (secondary N) is 5. The third kappa shape index (κ3) is 15.1. The standard InChI is InChI=1S/C67H79N7O16/c1-10-49-50-34-48(26-27-54(50)73-58-51(49)36-74-55(58)35-53-52(61(74)80)39-87-63(82)66(53,11-2)90-62(81)65(5,6)7)89-64(83)70-32-31-69-59(78)40(3)72-60(79)41(4)71-57(77)29-28-56(76)68-30-15-33-86-37-45(75)38-88-67(42-16-13-12-14-17-42,43-18-22-46(84-8)23-19-43)44-20-24-47(85-9)25-21-44/h12-14,16-27,34-35,40-41,45,75H,10-11,15,28-33,36-39H2,1-9H3,(H,68,76)(H,69,78)(H,70,83)(H,71,77)(H,72,79)/t40?,41?,45?,66-/m0/s1. The molecule has 0 saturated carbocycles. The first-order valence-electron chi connectivity index (χ1n) is 30.0. The number of fused-ring (bicyclic) bond motifs is 5. The number of aromatic nitrogens is 2. The van der Waals surface area contributed by atoms with E-state index in [-0.39, 0.29) is 100 Å². The molecule has 0 spiro atoms. The van der Waals surface area contributed by atoms with E-state index >= 15 is 0 Å². The van der Waals surface area contributed by atoms with Crippen LogP contribution >= 0.6 is 0 Å². The molecular weight excluding hydrogens is 1160 g/mol. The molecule has 0 radical (unpaired) electrons. The topological polar surface area (TPSA) is 299 Å². The van der Waals surface area contributed by atoms with Gasteiger partial charge in [-0.2, -0.15) is 0 Å². The third-order valence-corrected chi connectivity index (χ3v) is 15.7. The van der Waals surface area contributed by atoms with Crippen LogP contribution in [0.5, 0.6) is 17.2 Å². The van der Waals surface area contributed by atoms with Gasteiger partial charge >= 0.3 is 18.0 Å². The summed E-state index contributed by atoms with van der Waals surface area (Å²) in [6.45, 7) is 11.8. The molecule has 0 bridgehead atoms. The molecule has 6 aromatic rings. The Morgan fingerprint density at radius 3 is 1.98 bits per heavy atom. The largest absolute Gasteiger partial charge is 0.497 e. The Morgan fingerprint density at radius 1 is 0.722 bits per heavy atom. The van der Waals surface area contributed by atoms with E-state index in [9.17, 15) is 43.5 Å². The van der Waals surface area contributed by atoms with Crippen molar-refractivity contribution in [3.05, 3.63) is 152 Å². The number of methoxy groups -OCH3 is 2. The average molecular weight is 1240 g/mol. The number of cyclic esters (lactones) is 1. The van der Waals surface area contributed by atoms with E-state index in [1.807, 2.05) is 85.8 Å². The van der Waals surface area contributed by atoms with E-state index in [0.717, 1.165) is 27.8 Å². The highest BCUT2D eigenvalue weighted by Crippen LogP contribution is 2.45. The second-order valence-corrected chi connectivity index (χ2v) is 23.0. The number of aliphatic hydroxyl groups excluding tert-OH is 1. The van der Waals surface area contributed by atoms with Gasteiger partial charge in [0.2, 0.25) is 29.2 Å². The molecule has 2 aliphatic rings. The maximum absolute atomic E-state index is 14.2. The van der Waals surface area contributed by atoms with Gasteiger partial charge in [0.25, 0.3) is 5.56 Å². The minimum atomic E-state index is -1.82. The van der Waals surface area contributed by atoms with Gasteiger partial charge in [0.05, 0.1) is 61.9 Å². The zero-order chi connectivity index (χ0) is 64.9. The van der Waals surface area contributed by atoms with Crippen molar-refractivity contribution in [3.63, 3.8) is 0 Å². The Balaban J connectivity index is 0.725. The van der Waals surface area contributed by atoms with Crippen molar-refractivity contribution >= 4 is 52.6 Å². The molecular formula is C67H79N7O16.